The molecule has 0 saturated carbocycles. The Balaban J connectivity index is 2.64. The highest BCUT2D eigenvalue weighted by Crippen LogP contribution is 2.14. The van der Waals surface area contributed by atoms with E-state index in [2.05, 4.69) is 23.9 Å². The van der Waals surface area contributed by atoms with Crippen molar-refractivity contribution in [3.63, 3.8) is 0 Å². The van der Waals surface area contributed by atoms with Crippen LogP contribution in [0.1, 0.15) is 23.7 Å². The highest BCUT2D eigenvalue weighted by Gasteiger charge is 2.02. The molecule has 3 nitrogen and oxygen atoms in total. The summed E-state index contributed by atoms with van der Waals surface area (Å²) in [6.45, 7) is 4.36. The van der Waals surface area contributed by atoms with Gasteiger partial charge in [-0.15, -0.1) is 11.3 Å². The fraction of sp³-hybridized carbons (Fsp3) is 0.500. The van der Waals surface area contributed by atoms with Gasteiger partial charge in [0.25, 0.3) is 0 Å². The van der Waals surface area contributed by atoms with E-state index in [0.717, 1.165) is 16.3 Å². The molecule has 1 rings (SSSR count). The van der Waals surface area contributed by atoms with Crippen molar-refractivity contribution < 1.29 is 0 Å². The van der Waals surface area contributed by atoms with Crippen molar-refractivity contribution in [2.24, 2.45) is 16.9 Å². The number of nitrogens with two attached hydrogens (primary N) is 1. The molecule has 0 fully saturated rings. The molecule has 0 aliphatic rings. The molecule has 1 heterocycles. The molecule has 0 bridgehead atoms. The van der Waals surface area contributed by atoms with Gasteiger partial charge in [-0.25, -0.2) is 4.98 Å². The Kier molecular flexibility index (Phi) is 3.22. The molecule has 1 aromatic heterocycles. The van der Waals surface area contributed by atoms with Crippen LogP contribution in [-0.4, -0.2) is 11.2 Å². The summed E-state index contributed by atoms with van der Waals surface area (Å²) in [5.74, 6) is 5.67. The van der Waals surface area contributed by atoms with Gasteiger partial charge < -0.3 is 5.84 Å². The summed E-state index contributed by atoms with van der Waals surface area (Å²) in [5.41, 5.74) is 0. The van der Waals surface area contributed by atoms with E-state index in [0.29, 0.717) is 5.92 Å². The predicted molar refractivity (Wildman–Crippen MR) is 52.4 cm³/mol. The highest BCUT2D eigenvalue weighted by atomic mass is 32.1. The number of hydrogen-bond acceptors (Lipinski definition) is 4. The third-order valence-electron chi connectivity index (χ3n) is 1.36. The van der Waals surface area contributed by atoms with Gasteiger partial charge in [-0.05, 0) is 5.92 Å². The van der Waals surface area contributed by atoms with Crippen LogP contribution in [0, 0.1) is 5.92 Å². The van der Waals surface area contributed by atoms with Crippen LogP contribution in [0.25, 0.3) is 0 Å². The third kappa shape index (κ3) is 2.62. The number of hydrogen-bond donors (Lipinski definition) is 1. The second-order valence-corrected chi connectivity index (χ2v) is 4.18. The fourth-order valence-electron chi connectivity index (χ4n) is 0.901. The summed E-state index contributed by atoms with van der Waals surface area (Å²) in [6, 6.07) is 0. The molecule has 66 valence electrons. The molecule has 0 atom stereocenters. The maximum Gasteiger partial charge on any atom is 0.0934 e. The van der Waals surface area contributed by atoms with E-state index < -0.39 is 0 Å². The quantitative estimate of drug-likeness (QED) is 0.440. The maximum absolute atomic E-state index is 5.02. The van der Waals surface area contributed by atoms with Crippen LogP contribution in [0.5, 0.6) is 0 Å². The molecule has 1 aromatic rings. The SMILES string of the molecule is CC(C)Cc1ncc(/C=N/N)s1. The standard InChI is InChI=1S/C8H13N3S/c1-6(2)3-8-10-4-7(12-8)5-11-9/h4-6H,3,9H2,1-2H3/b11-5+. The number of nitrogens with zero attached hydrogens (tertiary/aromatic N) is 2. The van der Waals surface area contributed by atoms with E-state index >= 15 is 0 Å². The summed E-state index contributed by atoms with van der Waals surface area (Å²) in [4.78, 5) is 5.27. The van der Waals surface area contributed by atoms with E-state index in [1.54, 1.807) is 23.7 Å². The first-order valence-electron chi connectivity index (χ1n) is 3.90. The van der Waals surface area contributed by atoms with E-state index in [-0.39, 0.29) is 0 Å². The number of rotatable bonds is 3. The zero-order valence-corrected chi connectivity index (χ0v) is 8.14. The van der Waals surface area contributed by atoms with Gasteiger partial charge >= 0.3 is 0 Å². The third-order valence-corrected chi connectivity index (χ3v) is 2.31. The molecule has 0 unspecified atom stereocenters. The minimum atomic E-state index is 0.652. The maximum atomic E-state index is 5.02. The molecule has 0 spiro atoms. The molecule has 2 N–H and O–H groups in total. The van der Waals surface area contributed by atoms with Crippen LogP contribution in [-0.2, 0) is 6.42 Å². The van der Waals surface area contributed by atoms with Gasteiger partial charge in [0, 0.05) is 12.6 Å². The zero-order chi connectivity index (χ0) is 8.97. The summed E-state index contributed by atoms with van der Waals surface area (Å²) in [6.07, 6.45) is 4.46. The predicted octanol–water partition coefficient (Wildman–Crippen LogP) is 1.63. The molecule has 0 radical (unpaired) electrons. The molecule has 0 aromatic carbocycles. The molecule has 0 amide bonds. The van der Waals surface area contributed by atoms with Crippen molar-refractivity contribution in [1.82, 2.24) is 4.98 Å². The van der Waals surface area contributed by atoms with Crippen LogP contribution in [0.15, 0.2) is 11.3 Å². The first-order valence-corrected chi connectivity index (χ1v) is 4.72. The smallest absolute Gasteiger partial charge is 0.0934 e. The number of aromatic nitrogens is 1. The van der Waals surface area contributed by atoms with Crippen molar-refractivity contribution >= 4 is 17.6 Å². The molecule has 0 aliphatic carbocycles. The minimum absolute atomic E-state index is 0.652. The van der Waals surface area contributed by atoms with Crippen LogP contribution in [0.2, 0.25) is 0 Å². The van der Waals surface area contributed by atoms with Crippen LogP contribution in [0.4, 0.5) is 0 Å². The summed E-state index contributed by atoms with van der Waals surface area (Å²) in [7, 11) is 0. The Morgan fingerprint density at radius 3 is 3.08 bits per heavy atom. The van der Waals surface area contributed by atoms with Gasteiger partial charge in [0.05, 0.1) is 16.1 Å². The summed E-state index contributed by atoms with van der Waals surface area (Å²) < 4.78 is 0. The monoisotopic (exact) mass is 183 g/mol. The largest absolute Gasteiger partial charge is 0.323 e. The minimum Gasteiger partial charge on any atom is -0.323 e. The summed E-state index contributed by atoms with van der Waals surface area (Å²) >= 11 is 1.65. The topological polar surface area (TPSA) is 51.3 Å². The average molecular weight is 183 g/mol. The summed E-state index contributed by atoms with van der Waals surface area (Å²) in [5, 5.41) is 4.60. The van der Waals surface area contributed by atoms with E-state index in [4.69, 9.17) is 5.84 Å². The van der Waals surface area contributed by atoms with Crippen molar-refractivity contribution in [3.05, 3.63) is 16.1 Å². The lowest BCUT2D eigenvalue weighted by Gasteiger charge is -1.97. The Morgan fingerprint density at radius 1 is 1.75 bits per heavy atom. The zero-order valence-electron chi connectivity index (χ0n) is 7.32. The van der Waals surface area contributed by atoms with Gasteiger partial charge in [-0.2, -0.15) is 5.10 Å². The average Bonchev–Trinajstić information content (AvgIpc) is 2.36. The van der Waals surface area contributed by atoms with Crippen molar-refractivity contribution in [2.75, 3.05) is 0 Å². The van der Waals surface area contributed by atoms with Crippen molar-refractivity contribution in [1.29, 1.82) is 0 Å². The molecular weight excluding hydrogens is 170 g/mol. The van der Waals surface area contributed by atoms with E-state index in [9.17, 15) is 0 Å². The van der Waals surface area contributed by atoms with Crippen LogP contribution >= 0.6 is 11.3 Å². The van der Waals surface area contributed by atoms with Gasteiger partial charge in [0.15, 0.2) is 0 Å². The van der Waals surface area contributed by atoms with Gasteiger partial charge in [-0.1, -0.05) is 13.8 Å². The van der Waals surface area contributed by atoms with Crippen LogP contribution < -0.4 is 5.84 Å². The highest BCUT2D eigenvalue weighted by molar-refractivity contribution is 7.13. The Hall–Kier alpha value is -0.900. The van der Waals surface area contributed by atoms with Gasteiger partial charge in [-0.3, -0.25) is 0 Å². The van der Waals surface area contributed by atoms with Crippen LogP contribution in [0.3, 0.4) is 0 Å². The number of hydrazone groups is 1. The Morgan fingerprint density at radius 2 is 2.50 bits per heavy atom. The molecular formula is C8H13N3S. The first-order chi connectivity index (χ1) is 5.72. The Labute approximate surface area is 76.3 Å². The second kappa shape index (κ2) is 4.21. The second-order valence-electron chi connectivity index (χ2n) is 3.03. The molecule has 0 aliphatic heterocycles. The Bertz CT molecular complexity index is 265. The first kappa shape index (κ1) is 9.19. The molecule has 4 heteroatoms. The van der Waals surface area contributed by atoms with Gasteiger partial charge in [0.1, 0.15) is 0 Å². The van der Waals surface area contributed by atoms with Gasteiger partial charge in [0.2, 0.25) is 0 Å². The lowest BCUT2D eigenvalue weighted by atomic mass is 10.1. The normalized spacial score (nSPS) is 11.6. The van der Waals surface area contributed by atoms with E-state index in [1.165, 1.54) is 0 Å². The van der Waals surface area contributed by atoms with Crippen molar-refractivity contribution in [3.8, 4) is 0 Å². The fourth-order valence-corrected chi connectivity index (χ4v) is 1.91. The lowest BCUT2D eigenvalue weighted by Crippen LogP contribution is -1.91. The molecule has 12 heavy (non-hydrogen) atoms. The van der Waals surface area contributed by atoms with Crippen molar-refractivity contribution in [2.45, 2.75) is 20.3 Å². The molecule has 0 saturated heterocycles. The lowest BCUT2D eigenvalue weighted by molar-refractivity contribution is 0.644. The van der Waals surface area contributed by atoms with E-state index in [1.807, 2.05) is 0 Å². The number of thiazole rings is 1.